The molecule has 2 saturated heterocycles. The van der Waals surface area contributed by atoms with Gasteiger partial charge in [-0.1, -0.05) is 0 Å². The van der Waals surface area contributed by atoms with Crippen molar-refractivity contribution in [2.45, 2.75) is 37.0 Å². The van der Waals surface area contributed by atoms with Gasteiger partial charge in [0.1, 0.15) is 0 Å². The average Bonchev–Trinajstić information content (AvgIpc) is 2.81. The summed E-state index contributed by atoms with van der Waals surface area (Å²) in [6.07, 6.45) is 3.51. The van der Waals surface area contributed by atoms with Crippen molar-refractivity contribution in [3.8, 4) is 0 Å². The highest BCUT2D eigenvalue weighted by molar-refractivity contribution is 7.90. The van der Waals surface area contributed by atoms with E-state index >= 15 is 0 Å². The zero-order valence-corrected chi connectivity index (χ0v) is 10.3. The topological polar surface area (TPSA) is 67.4 Å². The van der Waals surface area contributed by atoms with Crippen molar-refractivity contribution in [2.75, 3.05) is 26.2 Å². The van der Waals surface area contributed by atoms with E-state index in [4.69, 9.17) is 4.74 Å². The van der Waals surface area contributed by atoms with Crippen LogP contribution in [0.5, 0.6) is 0 Å². The van der Waals surface area contributed by atoms with E-state index in [1.807, 2.05) is 0 Å². The maximum absolute atomic E-state index is 11.9. The zero-order chi connectivity index (χ0) is 11.4. The first kappa shape index (κ1) is 12.3. The number of hydrogen-bond donors (Lipinski definition) is 2. The molecule has 0 amide bonds. The van der Waals surface area contributed by atoms with Gasteiger partial charge in [0.25, 0.3) is 0 Å². The van der Waals surface area contributed by atoms with Crippen molar-refractivity contribution >= 4 is 10.0 Å². The third-order valence-corrected chi connectivity index (χ3v) is 5.18. The van der Waals surface area contributed by atoms with Crippen molar-refractivity contribution < 1.29 is 13.2 Å². The van der Waals surface area contributed by atoms with Crippen LogP contribution in [0, 0.1) is 0 Å². The van der Waals surface area contributed by atoms with E-state index in [2.05, 4.69) is 10.0 Å². The summed E-state index contributed by atoms with van der Waals surface area (Å²) in [7, 11) is -3.14. The normalized spacial score (nSPS) is 28.4. The maximum atomic E-state index is 11.9. The van der Waals surface area contributed by atoms with Crippen molar-refractivity contribution in [2.24, 2.45) is 0 Å². The highest BCUT2D eigenvalue weighted by Gasteiger charge is 2.28. The second kappa shape index (κ2) is 5.44. The molecule has 0 aromatic heterocycles. The third-order valence-electron chi connectivity index (χ3n) is 3.26. The molecule has 5 nitrogen and oxygen atoms in total. The van der Waals surface area contributed by atoms with E-state index in [1.54, 1.807) is 0 Å². The molecule has 0 bridgehead atoms. The lowest BCUT2D eigenvalue weighted by Crippen LogP contribution is -2.43. The van der Waals surface area contributed by atoms with Gasteiger partial charge in [0, 0.05) is 13.2 Å². The molecule has 16 heavy (non-hydrogen) atoms. The molecule has 1 atom stereocenters. The predicted octanol–water partition coefficient (Wildman–Crippen LogP) is -0.163. The molecule has 2 aliphatic rings. The molecule has 2 rings (SSSR count). The third kappa shape index (κ3) is 3.16. The second-order valence-electron chi connectivity index (χ2n) is 4.48. The Morgan fingerprint density at radius 3 is 2.62 bits per heavy atom. The molecule has 0 aliphatic carbocycles. The van der Waals surface area contributed by atoms with Gasteiger partial charge in [0.15, 0.2) is 0 Å². The van der Waals surface area contributed by atoms with Gasteiger partial charge in [0.2, 0.25) is 10.0 Å². The van der Waals surface area contributed by atoms with Gasteiger partial charge < -0.3 is 10.1 Å². The Hall–Kier alpha value is -0.170. The van der Waals surface area contributed by atoms with Gasteiger partial charge in [-0.25, -0.2) is 13.1 Å². The molecular formula is C10H20N2O3S. The van der Waals surface area contributed by atoms with E-state index in [9.17, 15) is 8.42 Å². The lowest BCUT2D eigenvalue weighted by Gasteiger charge is -2.23. The Labute approximate surface area is 97.0 Å². The fraction of sp³-hybridized carbons (Fsp3) is 1.00. The largest absolute Gasteiger partial charge is 0.377 e. The Morgan fingerprint density at radius 2 is 2.00 bits per heavy atom. The lowest BCUT2D eigenvalue weighted by molar-refractivity contribution is 0.114. The summed E-state index contributed by atoms with van der Waals surface area (Å²) in [5.41, 5.74) is 0. The molecule has 0 saturated carbocycles. The molecule has 0 unspecified atom stereocenters. The average molecular weight is 248 g/mol. The standard InChI is InChI=1S/C10H20N2O3S/c13-16(14,10-3-5-11-6-4-10)12-8-9-2-1-7-15-9/h9-12H,1-8H2/t9-/m1/s1. The van der Waals surface area contributed by atoms with Crippen LogP contribution in [0.15, 0.2) is 0 Å². The fourth-order valence-corrected chi connectivity index (χ4v) is 3.75. The van der Waals surface area contributed by atoms with Gasteiger partial charge >= 0.3 is 0 Å². The first-order chi connectivity index (χ1) is 7.68. The molecule has 0 radical (unpaired) electrons. The van der Waals surface area contributed by atoms with Gasteiger partial charge in [-0.2, -0.15) is 0 Å². The monoisotopic (exact) mass is 248 g/mol. The number of ether oxygens (including phenoxy) is 1. The van der Waals surface area contributed by atoms with E-state index < -0.39 is 10.0 Å². The number of piperidine rings is 1. The first-order valence-corrected chi connectivity index (χ1v) is 7.54. The number of nitrogens with one attached hydrogen (secondary N) is 2. The van der Waals surface area contributed by atoms with E-state index in [-0.39, 0.29) is 11.4 Å². The minimum atomic E-state index is -3.14. The minimum absolute atomic E-state index is 0.0801. The molecule has 0 spiro atoms. The van der Waals surface area contributed by atoms with Crippen LogP contribution in [0.1, 0.15) is 25.7 Å². The Morgan fingerprint density at radius 1 is 1.25 bits per heavy atom. The summed E-state index contributed by atoms with van der Waals surface area (Å²) in [4.78, 5) is 0. The summed E-state index contributed by atoms with van der Waals surface area (Å²) in [5, 5.41) is 2.94. The Bertz CT molecular complexity index is 306. The lowest BCUT2D eigenvalue weighted by atomic mass is 10.2. The molecule has 2 aliphatic heterocycles. The molecule has 0 aromatic rings. The zero-order valence-electron chi connectivity index (χ0n) is 9.44. The summed E-state index contributed by atoms with van der Waals surface area (Å²) < 4.78 is 32.0. The van der Waals surface area contributed by atoms with Gasteiger partial charge in [-0.15, -0.1) is 0 Å². The maximum Gasteiger partial charge on any atom is 0.214 e. The Balaban J connectivity index is 1.81. The van der Waals surface area contributed by atoms with Crippen molar-refractivity contribution in [1.82, 2.24) is 10.0 Å². The fourth-order valence-electron chi connectivity index (χ4n) is 2.24. The molecular weight excluding hydrogens is 228 g/mol. The smallest absolute Gasteiger partial charge is 0.214 e. The van der Waals surface area contributed by atoms with Crippen LogP contribution in [0.25, 0.3) is 0 Å². The minimum Gasteiger partial charge on any atom is -0.377 e. The highest BCUT2D eigenvalue weighted by Crippen LogP contribution is 2.14. The van der Waals surface area contributed by atoms with Crippen LogP contribution in [-0.4, -0.2) is 46.0 Å². The number of rotatable bonds is 4. The van der Waals surface area contributed by atoms with Crippen LogP contribution < -0.4 is 10.0 Å². The Kier molecular flexibility index (Phi) is 4.18. The SMILES string of the molecule is O=S(=O)(NC[C@H]1CCCO1)C1CCNCC1. The van der Waals surface area contributed by atoms with Gasteiger partial charge in [0.05, 0.1) is 11.4 Å². The molecule has 2 N–H and O–H groups in total. The molecule has 0 aromatic carbocycles. The molecule has 2 fully saturated rings. The van der Waals surface area contributed by atoms with Gasteiger partial charge in [-0.05, 0) is 38.8 Å². The summed E-state index contributed by atoms with van der Waals surface area (Å²) in [6.45, 7) is 2.79. The van der Waals surface area contributed by atoms with Crippen LogP contribution in [0.3, 0.4) is 0 Å². The number of sulfonamides is 1. The van der Waals surface area contributed by atoms with E-state index in [0.717, 1.165) is 32.5 Å². The molecule has 94 valence electrons. The van der Waals surface area contributed by atoms with Crippen LogP contribution >= 0.6 is 0 Å². The quantitative estimate of drug-likeness (QED) is 0.725. The predicted molar refractivity (Wildman–Crippen MR) is 61.8 cm³/mol. The molecule has 6 heteroatoms. The van der Waals surface area contributed by atoms with Crippen molar-refractivity contribution in [3.63, 3.8) is 0 Å². The van der Waals surface area contributed by atoms with Crippen LogP contribution in [-0.2, 0) is 14.8 Å². The summed E-state index contributed by atoms with van der Waals surface area (Å²) in [5.74, 6) is 0. The van der Waals surface area contributed by atoms with Crippen molar-refractivity contribution in [1.29, 1.82) is 0 Å². The van der Waals surface area contributed by atoms with Crippen LogP contribution in [0.4, 0.5) is 0 Å². The van der Waals surface area contributed by atoms with E-state index in [0.29, 0.717) is 19.4 Å². The molecule has 2 heterocycles. The highest BCUT2D eigenvalue weighted by atomic mass is 32.2. The second-order valence-corrected chi connectivity index (χ2v) is 6.52. The first-order valence-electron chi connectivity index (χ1n) is 5.99. The summed E-state index contributed by atoms with van der Waals surface area (Å²) in [6, 6.07) is 0. The van der Waals surface area contributed by atoms with Crippen LogP contribution in [0.2, 0.25) is 0 Å². The van der Waals surface area contributed by atoms with E-state index in [1.165, 1.54) is 0 Å². The van der Waals surface area contributed by atoms with Gasteiger partial charge in [-0.3, -0.25) is 0 Å². The van der Waals surface area contributed by atoms with Crippen molar-refractivity contribution in [3.05, 3.63) is 0 Å². The number of hydrogen-bond acceptors (Lipinski definition) is 4. The summed E-state index contributed by atoms with van der Waals surface area (Å²) >= 11 is 0.